The summed E-state index contributed by atoms with van der Waals surface area (Å²) in [6.07, 6.45) is 3.73. The molecule has 1 N–H and O–H groups in total. The lowest BCUT2D eigenvalue weighted by Crippen LogP contribution is -2.36. The largest absolute Gasteiger partial charge is 0.315 e. The van der Waals surface area contributed by atoms with E-state index in [0.717, 1.165) is 41.6 Å². The van der Waals surface area contributed by atoms with Crippen molar-refractivity contribution in [1.82, 2.24) is 10.2 Å². The predicted molar refractivity (Wildman–Crippen MR) is 102 cm³/mol. The van der Waals surface area contributed by atoms with E-state index in [4.69, 9.17) is 0 Å². The molecule has 5 nitrogen and oxygen atoms in total. The number of amides is 1. The van der Waals surface area contributed by atoms with E-state index in [2.05, 4.69) is 10.2 Å². The van der Waals surface area contributed by atoms with Gasteiger partial charge in [-0.3, -0.25) is 9.59 Å². The number of benzene rings is 2. The molecule has 4 rings (SSSR count). The third-order valence-electron chi connectivity index (χ3n) is 5.23. The molecule has 1 heterocycles. The van der Waals surface area contributed by atoms with Crippen molar-refractivity contribution in [3.8, 4) is 0 Å². The van der Waals surface area contributed by atoms with E-state index in [1.54, 1.807) is 11.0 Å². The van der Waals surface area contributed by atoms with Gasteiger partial charge in [0, 0.05) is 30.5 Å². The number of carbonyl (C=O) groups is 1. The fraction of sp³-hybridized carbons (Fsp3) is 0.286. The topological polar surface area (TPSA) is 66.1 Å². The number of hydrogen-bond donors (Lipinski definition) is 1. The zero-order chi connectivity index (χ0) is 18.1. The third kappa shape index (κ3) is 3.01. The SMILES string of the molecule is CN(C(=O)C1CCC1)c1cccc(Cc2n[nH]c(=O)c3ccccc23)c1. The van der Waals surface area contributed by atoms with E-state index in [0.29, 0.717) is 11.8 Å². The van der Waals surface area contributed by atoms with E-state index >= 15 is 0 Å². The maximum atomic E-state index is 12.5. The second kappa shape index (κ2) is 6.75. The average molecular weight is 347 g/mol. The van der Waals surface area contributed by atoms with Crippen LogP contribution in [0, 0.1) is 5.92 Å². The summed E-state index contributed by atoms with van der Waals surface area (Å²) in [6, 6.07) is 15.5. The monoisotopic (exact) mass is 347 g/mol. The molecule has 132 valence electrons. The highest BCUT2D eigenvalue weighted by atomic mass is 16.2. The van der Waals surface area contributed by atoms with Gasteiger partial charge in [-0.05, 0) is 36.6 Å². The fourth-order valence-electron chi connectivity index (χ4n) is 3.43. The standard InChI is InChI=1S/C21H21N3O2/c1-24(21(26)15-7-5-8-15)16-9-4-6-14(12-16)13-19-17-10-2-3-11-18(17)20(25)23-22-19/h2-4,6,9-12,15H,5,7-8,13H2,1H3,(H,23,25). The van der Waals surface area contributed by atoms with Gasteiger partial charge in [0.05, 0.1) is 11.1 Å². The zero-order valence-corrected chi connectivity index (χ0v) is 14.7. The molecule has 1 aliphatic carbocycles. The molecule has 1 aromatic heterocycles. The summed E-state index contributed by atoms with van der Waals surface area (Å²) < 4.78 is 0. The van der Waals surface area contributed by atoms with Crippen LogP contribution in [0.25, 0.3) is 10.8 Å². The highest BCUT2D eigenvalue weighted by Gasteiger charge is 2.28. The Hall–Kier alpha value is -2.95. The van der Waals surface area contributed by atoms with E-state index in [1.807, 2.05) is 49.5 Å². The van der Waals surface area contributed by atoms with Crippen LogP contribution in [0.5, 0.6) is 0 Å². The summed E-state index contributed by atoms with van der Waals surface area (Å²) in [5, 5.41) is 8.33. The van der Waals surface area contributed by atoms with Crippen molar-refractivity contribution in [1.29, 1.82) is 0 Å². The van der Waals surface area contributed by atoms with Crippen LogP contribution in [-0.4, -0.2) is 23.2 Å². The number of nitrogens with one attached hydrogen (secondary N) is 1. The minimum atomic E-state index is -0.177. The molecule has 0 atom stereocenters. The van der Waals surface area contributed by atoms with E-state index in [1.165, 1.54) is 0 Å². The third-order valence-corrected chi connectivity index (χ3v) is 5.23. The second-order valence-electron chi connectivity index (χ2n) is 6.92. The van der Waals surface area contributed by atoms with Crippen molar-refractivity contribution >= 4 is 22.4 Å². The molecular formula is C21H21N3O2. The van der Waals surface area contributed by atoms with Gasteiger partial charge < -0.3 is 4.90 Å². The van der Waals surface area contributed by atoms with Crippen LogP contribution in [0.15, 0.2) is 53.3 Å². The predicted octanol–water partition coefficient (Wildman–Crippen LogP) is 3.28. The molecule has 0 aliphatic heterocycles. The number of nitrogens with zero attached hydrogens (tertiary/aromatic N) is 2. The van der Waals surface area contributed by atoms with Crippen LogP contribution in [0.2, 0.25) is 0 Å². The van der Waals surface area contributed by atoms with Crippen LogP contribution < -0.4 is 10.5 Å². The lowest BCUT2D eigenvalue weighted by atomic mass is 9.84. The van der Waals surface area contributed by atoms with Gasteiger partial charge in [0.2, 0.25) is 5.91 Å². The highest BCUT2D eigenvalue weighted by molar-refractivity contribution is 5.95. The second-order valence-corrected chi connectivity index (χ2v) is 6.92. The Balaban J connectivity index is 1.63. The molecule has 0 spiro atoms. The van der Waals surface area contributed by atoms with Crippen LogP contribution >= 0.6 is 0 Å². The Bertz CT molecular complexity index is 1020. The molecule has 2 aromatic carbocycles. The molecule has 0 radical (unpaired) electrons. The van der Waals surface area contributed by atoms with Gasteiger partial charge in [-0.1, -0.05) is 36.8 Å². The van der Waals surface area contributed by atoms with Gasteiger partial charge in [0.25, 0.3) is 5.56 Å². The minimum absolute atomic E-state index is 0.175. The minimum Gasteiger partial charge on any atom is -0.315 e. The number of fused-ring (bicyclic) bond motifs is 1. The molecular weight excluding hydrogens is 326 g/mol. The molecule has 1 aliphatic rings. The van der Waals surface area contributed by atoms with E-state index < -0.39 is 0 Å². The van der Waals surface area contributed by atoms with Gasteiger partial charge in [0.1, 0.15) is 0 Å². The van der Waals surface area contributed by atoms with Crippen molar-refractivity contribution in [3.05, 3.63) is 70.1 Å². The van der Waals surface area contributed by atoms with Crippen LogP contribution in [0.3, 0.4) is 0 Å². The van der Waals surface area contributed by atoms with Gasteiger partial charge in [-0.15, -0.1) is 0 Å². The summed E-state index contributed by atoms with van der Waals surface area (Å²) in [5.41, 5.74) is 2.60. The molecule has 0 saturated heterocycles. The number of aromatic amines is 1. The van der Waals surface area contributed by atoms with Crippen LogP contribution in [-0.2, 0) is 11.2 Å². The number of anilines is 1. The Morgan fingerprint density at radius 1 is 1.15 bits per heavy atom. The van der Waals surface area contributed by atoms with Crippen molar-refractivity contribution in [2.45, 2.75) is 25.7 Å². The van der Waals surface area contributed by atoms with Gasteiger partial charge in [-0.25, -0.2) is 5.10 Å². The van der Waals surface area contributed by atoms with Crippen molar-refractivity contribution in [2.75, 3.05) is 11.9 Å². The maximum absolute atomic E-state index is 12.5. The molecule has 1 saturated carbocycles. The number of aromatic nitrogens is 2. The Kier molecular flexibility index (Phi) is 4.29. The number of carbonyl (C=O) groups excluding carboxylic acids is 1. The van der Waals surface area contributed by atoms with Crippen molar-refractivity contribution in [2.24, 2.45) is 5.92 Å². The number of H-pyrrole nitrogens is 1. The highest BCUT2D eigenvalue weighted by Crippen LogP contribution is 2.30. The van der Waals surface area contributed by atoms with Crippen molar-refractivity contribution < 1.29 is 4.79 Å². The summed E-state index contributed by atoms with van der Waals surface area (Å²) in [6.45, 7) is 0. The summed E-state index contributed by atoms with van der Waals surface area (Å²) in [4.78, 5) is 26.2. The first kappa shape index (κ1) is 16.5. The van der Waals surface area contributed by atoms with E-state index in [9.17, 15) is 9.59 Å². The Labute approximate surface area is 151 Å². The maximum Gasteiger partial charge on any atom is 0.272 e. The van der Waals surface area contributed by atoms with Gasteiger partial charge >= 0.3 is 0 Å². The van der Waals surface area contributed by atoms with Crippen molar-refractivity contribution in [3.63, 3.8) is 0 Å². The van der Waals surface area contributed by atoms with Crippen LogP contribution in [0.4, 0.5) is 5.69 Å². The zero-order valence-electron chi connectivity index (χ0n) is 14.7. The Morgan fingerprint density at radius 2 is 1.92 bits per heavy atom. The summed E-state index contributed by atoms with van der Waals surface area (Å²) >= 11 is 0. The van der Waals surface area contributed by atoms with E-state index in [-0.39, 0.29) is 17.4 Å². The fourth-order valence-corrected chi connectivity index (χ4v) is 3.43. The molecule has 3 aromatic rings. The normalized spacial score (nSPS) is 14.2. The summed E-state index contributed by atoms with van der Waals surface area (Å²) in [5.74, 6) is 0.370. The molecule has 1 amide bonds. The lowest BCUT2D eigenvalue weighted by Gasteiger charge is -2.29. The molecule has 5 heteroatoms. The summed E-state index contributed by atoms with van der Waals surface area (Å²) in [7, 11) is 1.84. The average Bonchev–Trinajstić information content (AvgIpc) is 2.62. The Morgan fingerprint density at radius 3 is 2.65 bits per heavy atom. The van der Waals surface area contributed by atoms with Crippen LogP contribution in [0.1, 0.15) is 30.5 Å². The molecule has 1 fully saturated rings. The van der Waals surface area contributed by atoms with Gasteiger partial charge in [-0.2, -0.15) is 5.10 Å². The quantitative estimate of drug-likeness (QED) is 0.788. The number of rotatable bonds is 4. The molecule has 26 heavy (non-hydrogen) atoms. The lowest BCUT2D eigenvalue weighted by molar-refractivity contribution is -0.124. The first-order chi connectivity index (χ1) is 12.6. The number of hydrogen-bond acceptors (Lipinski definition) is 3. The smallest absolute Gasteiger partial charge is 0.272 e. The molecule has 0 bridgehead atoms. The first-order valence-corrected chi connectivity index (χ1v) is 8.96. The molecule has 0 unspecified atom stereocenters. The van der Waals surface area contributed by atoms with Gasteiger partial charge in [0.15, 0.2) is 0 Å². The first-order valence-electron chi connectivity index (χ1n) is 8.96.